The monoisotopic (exact) mass is 338 g/mol. The summed E-state index contributed by atoms with van der Waals surface area (Å²) < 4.78 is 0. The molecule has 1 fully saturated rings. The zero-order valence-corrected chi connectivity index (χ0v) is 14.6. The maximum absolute atomic E-state index is 11.9. The van der Waals surface area contributed by atoms with Crippen LogP contribution >= 0.6 is 11.3 Å². The molecule has 1 aromatic rings. The van der Waals surface area contributed by atoms with Gasteiger partial charge in [0.25, 0.3) is 0 Å². The van der Waals surface area contributed by atoms with Gasteiger partial charge in [-0.3, -0.25) is 4.79 Å². The van der Waals surface area contributed by atoms with Crippen molar-refractivity contribution in [2.45, 2.75) is 45.4 Å². The molecule has 1 aliphatic heterocycles. The average Bonchev–Trinajstić information content (AvgIpc) is 2.98. The summed E-state index contributed by atoms with van der Waals surface area (Å²) in [5.74, 6) is 0.143. The Hall–Kier alpha value is -1.63. The molecule has 0 bridgehead atoms. The summed E-state index contributed by atoms with van der Waals surface area (Å²) in [5.41, 5.74) is 1.05. The molecule has 0 radical (unpaired) electrons. The fourth-order valence-electron chi connectivity index (χ4n) is 2.61. The minimum Gasteiger partial charge on any atom is -0.343 e. The first kappa shape index (κ1) is 17.7. The van der Waals surface area contributed by atoms with Gasteiger partial charge in [-0.05, 0) is 32.6 Å². The normalized spacial score (nSPS) is 14.6. The molecule has 0 spiro atoms. The molecule has 1 aromatic heterocycles. The van der Waals surface area contributed by atoms with Gasteiger partial charge in [0.05, 0.1) is 5.01 Å². The predicted molar refractivity (Wildman–Crippen MR) is 91.6 cm³/mol. The van der Waals surface area contributed by atoms with Crippen LogP contribution < -0.4 is 10.6 Å². The Balaban J connectivity index is 1.50. The van der Waals surface area contributed by atoms with Crippen molar-refractivity contribution in [3.05, 3.63) is 16.1 Å². The highest BCUT2D eigenvalue weighted by Gasteiger charge is 2.15. The van der Waals surface area contributed by atoms with E-state index in [9.17, 15) is 9.59 Å². The van der Waals surface area contributed by atoms with Crippen molar-refractivity contribution >= 4 is 23.3 Å². The van der Waals surface area contributed by atoms with Crippen LogP contribution in [0.3, 0.4) is 0 Å². The van der Waals surface area contributed by atoms with Crippen molar-refractivity contribution < 1.29 is 9.59 Å². The highest BCUT2D eigenvalue weighted by molar-refractivity contribution is 7.09. The summed E-state index contributed by atoms with van der Waals surface area (Å²) in [6.45, 7) is 4.72. The molecule has 2 rings (SSSR count). The van der Waals surface area contributed by atoms with Crippen LogP contribution in [-0.4, -0.2) is 48.0 Å². The van der Waals surface area contributed by atoms with Crippen molar-refractivity contribution in [1.82, 2.24) is 20.5 Å². The third kappa shape index (κ3) is 6.56. The molecular formula is C16H26N4O2S. The zero-order valence-electron chi connectivity index (χ0n) is 13.8. The second kappa shape index (κ2) is 9.50. The molecular weight excluding hydrogens is 312 g/mol. The Labute approximate surface area is 141 Å². The van der Waals surface area contributed by atoms with E-state index in [-0.39, 0.29) is 11.9 Å². The number of hydrogen-bond donors (Lipinski definition) is 2. The molecule has 6 nitrogen and oxygen atoms in total. The van der Waals surface area contributed by atoms with Crippen LogP contribution in [0.15, 0.2) is 5.38 Å². The van der Waals surface area contributed by atoms with Crippen LogP contribution in [0, 0.1) is 6.92 Å². The zero-order chi connectivity index (χ0) is 16.5. The summed E-state index contributed by atoms with van der Waals surface area (Å²) in [6, 6.07) is -0.202. The lowest BCUT2D eigenvalue weighted by Gasteiger charge is -2.26. The topological polar surface area (TPSA) is 74.3 Å². The number of aryl methyl sites for hydroxylation is 2. The molecule has 3 amide bonds. The van der Waals surface area contributed by atoms with Crippen molar-refractivity contribution in [3.63, 3.8) is 0 Å². The van der Waals surface area contributed by atoms with Crippen molar-refractivity contribution in [3.8, 4) is 0 Å². The average molecular weight is 338 g/mol. The Morgan fingerprint density at radius 1 is 1.22 bits per heavy atom. The Kier molecular flexibility index (Phi) is 7.32. The number of urea groups is 1. The summed E-state index contributed by atoms with van der Waals surface area (Å²) in [4.78, 5) is 29.9. The Morgan fingerprint density at radius 2 is 1.96 bits per heavy atom. The highest BCUT2D eigenvalue weighted by Crippen LogP contribution is 2.10. The number of amides is 3. The second-order valence-corrected chi connectivity index (χ2v) is 6.80. The molecule has 128 valence electrons. The van der Waals surface area contributed by atoms with Crippen LogP contribution in [0.1, 0.15) is 42.8 Å². The summed E-state index contributed by atoms with van der Waals surface area (Å²) in [6.07, 6.45) is 5.53. The third-order valence-electron chi connectivity index (χ3n) is 3.85. The van der Waals surface area contributed by atoms with Crippen LogP contribution in [0.2, 0.25) is 0 Å². The van der Waals surface area contributed by atoms with Gasteiger partial charge in [-0.1, -0.05) is 0 Å². The number of rotatable bonds is 7. The molecule has 2 heterocycles. The number of aromatic nitrogens is 1. The van der Waals surface area contributed by atoms with E-state index in [1.165, 1.54) is 6.42 Å². The van der Waals surface area contributed by atoms with Crippen LogP contribution in [0.5, 0.6) is 0 Å². The van der Waals surface area contributed by atoms with Crippen LogP contribution in [0.25, 0.3) is 0 Å². The Morgan fingerprint density at radius 3 is 2.65 bits per heavy atom. The first-order valence-electron chi connectivity index (χ1n) is 8.35. The number of piperidine rings is 1. The number of carbonyl (C=O) groups excluding carboxylic acids is 2. The highest BCUT2D eigenvalue weighted by atomic mass is 32.1. The third-order valence-corrected chi connectivity index (χ3v) is 4.88. The van der Waals surface area contributed by atoms with Crippen molar-refractivity contribution in [2.24, 2.45) is 0 Å². The SMILES string of the molecule is Cc1csc(CCCNC(=O)NCCC(=O)N2CCCCC2)n1. The van der Waals surface area contributed by atoms with E-state index >= 15 is 0 Å². The minimum absolute atomic E-state index is 0.143. The summed E-state index contributed by atoms with van der Waals surface area (Å²) in [7, 11) is 0. The first-order valence-corrected chi connectivity index (χ1v) is 9.23. The van der Waals surface area contributed by atoms with E-state index < -0.39 is 0 Å². The van der Waals surface area contributed by atoms with Crippen molar-refractivity contribution in [2.75, 3.05) is 26.2 Å². The molecule has 23 heavy (non-hydrogen) atoms. The molecule has 7 heteroatoms. The number of likely N-dealkylation sites (tertiary alicyclic amines) is 1. The maximum Gasteiger partial charge on any atom is 0.314 e. The fraction of sp³-hybridized carbons (Fsp3) is 0.688. The van der Waals surface area contributed by atoms with Gasteiger partial charge in [0, 0.05) is 50.1 Å². The fourth-order valence-corrected chi connectivity index (χ4v) is 3.42. The number of carbonyl (C=O) groups is 2. The van der Waals surface area contributed by atoms with E-state index in [2.05, 4.69) is 15.6 Å². The molecule has 0 atom stereocenters. The van der Waals surface area contributed by atoms with Crippen LogP contribution in [-0.2, 0) is 11.2 Å². The molecule has 0 unspecified atom stereocenters. The maximum atomic E-state index is 11.9. The lowest BCUT2D eigenvalue weighted by Crippen LogP contribution is -2.40. The molecule has 1 aliphatic rings. The van der Waals surface area contributed by atoms with Crippen molar-refractivity contribution in [1.29, 1.82) is 0 Å². The smallest absolute Gasteiger partial charge is 0.314 e. The summed E-state index contributed by atoms with van der Waals surface area (Å²) >= 11 is 1.66. The van der Waals surface area contributed by atoms with Gasteiger partial charge >= 0.3 is 6.03 Å². The van der Waals surface area contributed by atoms with Gasteiger partial charge in [0.1, 0.15) is 0 Å². The molecule has 1 saturated heterocycles. The quantitative estimate of drug-likeness (QED) is 0.748. The van der Waals surface area contributed by atoms with Gasteiger partial charge in [-0.15, -0.1) is 11.3 Å². The van der Waals surface area contributed by atoms with E-state index in [1.807, 2.05) is 17.2 Å². The lowest BCUT2D eigenvalue weighted by atomic mass is 10.1. The predicted octanol–water partition coefficient (Wildman–Crippen LogP) is 2.09. The molecule has 2 N–H and O–H groups in total. The number of nitrogens with zero attached hydrogens (tertiary/aromatic N) is 2. The molecule has 0 saturated carbocycles. The van der Waals surface area contributed by atoms with E-state index in [0.29, 0.717) is 19.5 Å². The van der Waals surface area contributed by atoms with Gasteiger partial charge in [-0.25, -0.2) is 9.78 Å². The van der Waals surface area contributed by atoms with Gasteiger partial charge in [0.2, 0.25) is 5.91 Å². The first-order chi connectivity index (χ1) is 11.1. The number of thiazole rings is 1. The number of nitrogens with one attached hydrogen (secondary N) is 2. The van der Waals surface area contributed by atoms with E-state index in [0.717, 1.165) is 49.5 Å². The minimum atomic E-state index is -0.202. The molecule has 0 aliphatic carbocycles. The van der Waals surface area contributed by atoms with E-state index in [4.69, 9.17) is 0 Å². The molecule has 0 aromatic carbocycles. The van der Waals surface area contributed by atoms with Gasteiger partial charge in [-0.2, -0.15) is 0 Å². The Bertz CT molecular complexity index is 512. The van der Waals surface area contributed by atoms with Gasteiger partial charge < -0.3 is 15.5 Å². The second-order valence-electron chi connectivity index (χ2n) is 5.86. The van der Waals surface area contributed by atoms with E-state index in [1.54, 1.807) is 11.3 Å². The largest absolute Gasteiger partial charge is 0.343 e. The number of hydrogen-bond acceptors (Lipinski definition) is 4. The van der Waals surface area contributed by atoms with Crippen LogP contribution in [0.4, 0.5) is 4.79 Å². The lowest BCUT2D eigenvalue weighted by molar-refractivity contribution is -0.131. The summed E-state index contributed by atoms with van der Waals surface area (Å²) in [5, 5.41) is 8.70. The standard InChI is InChI=1S/C16H26N4O2S/c1-13-12-23-14(19-13)6-5-8-17-16(22)18-9-7-15(21)20-10-3-2-4-11-20/h12H,2-11H2,1H3,(H2,17,18,22). The van der Waals surface area contributed by atoms with Gasteiger partial charge in [0.15, 0.2) is 0 Å².